The molecule has 0 rings (SSSR count). The summed E-state index contributed by atoms with van der Waals surface area (Å²) in [6.45, 7) is 0. The van der Waals surface area contributed by atoms with E-state index in [9.17, 15) is 28.8 Å². The first-order chi connectivity index (χ1) is 14.0. The molecule has 0 aromatic heterocycles. The molecule has 13 nitrogen and oxygen atoms in total. The zero-order valence-corrected chi connectivity index (χ0v) is 16.8. The van der Waals surface area contributed by atoms with Crippen LogP contribution in [-0.4, -0.2) is 83.2 Å². The van der Waals surface area contributed by atoms with Crippen molar-refractivity contribution in [1.29, 1.82) is 0 Å². The Bertz CT molecular complexity index is 653. The van der Waals surface area contributed by atoms with Crippen LogP contribution in [-0.2, 0) is 28.8 Å². The number of carboxylic acid groups (broad SMARTS) is 3. The van der Waals surface area contributed by atoms with E-state index in [0.717, 1.165) is 0 Å². The van der Waals surface area contributed by atoms with Crippen LogP contribution in [0.15, 0.2) is 0 Å². The van der Waals surface area contributed by atoms with Gasteiger partial charge in [-0.1, -0.05) is 0 Å². The quantitative estimate of drug-likeness (QED) is 0.149. The second-order valence-electron chi connectivity index (χ2n) is 6.38. The first kappa shape index (κ1) is 26.8. The van der Waals surface area contributed by atoms with E-state index in [4.69, 9.17) is 15.3 Å². The molecular formula is C17H28N4O9. The largest absolute Gasteiger partial charge is 0.481 e. The van der Waals surface area contributed by atoms with Gasteiger partial charge in [0.05, 0.1) is 6.04 Å². The molecule has 0 heterocycles. The van der Waals surface area contributed by atoms with Crippen LogP contribution in [0.1, 0.15) is 38.5 Å². The highest BCUT2D eigenvalue weighted by molar-refractivity contribution is 5.93. The molecule has 13 heteroatoms. The molecule has 170 valence electrons. The summed E-state index contributed by atoms with van der Waals surface area (Å²) in [5, 5.41) is 36.0. The van der Waals surface area contributed by atoms with E-state index in [1.165, 1.54) is 14.1 Å². The zero-order valence-electron chi connectivity index (χ0n) is 16.8. The maximum atomic E-state index is 12.6. The molecule has 0 aliphatic carbocycles. The Morgan fingerprint density at radius 2 is 0.933 bits per heavy atom. The van der Waals surface area contributed by atoms with Crippen LogP contribution in [0.25, 0.3) is 0 Å². The van der Waals surface area contributed by atoms with Crippen molar-refractivity contribution in [2.24, 2.45) is 0 Å². The number of carbonyl (C=O) groups excluding carboxylic acids is 3. The highest BCUT2D eigenvalue weighted by atomic mass is 16.4. The topological polar surface area (TPSA) is 211 Å². The molecule has 0 aliphatic rings. The molecule has 3 amide bonds. The maximum Gasteiger partial charge on any atom is 0.303 e. The standard InChI is InChI=1S/C17H28N4O9/c1-18-9(3-6-12(22)23)16(29)21-11(5-8-14(26)27)17(30)20-10(15(28)19-2)4-7-13(24)25/h9-11,18H,3-8H2,1-2H3,(H,19,28)(H,20,30)(H,21,29)(H,22,23)(H,24,25)(H,26,27). The van der Waals surface area contributed by atoms with E-state index >= 15 is 0 Å². The van der Waals surface area contributed by atoms with E-state index in [1.54, 1.807) is 0 Å². The maximum absolute atomic E-state index is 12.6. The Kier molecular flexibility index (Phi) is 12.4. The Hall–Kier alpha value is -3.22. The fourth-order valence-corrected chi connectivity index (χ4v) is 2.47. The number of carbonyl (C=O) groups is 6. The van der Waals surface area contributed by atoms with E-state index in [2.05, 4.69) is 21.3 Å². The number of hydrogen-bond acceptors (Lipinski definition) is 7. The van der Waals surface area contributed by atoms with Crippen LogP contribution in [0.4, 0.5) is 0 Å². The van der Waals surface area contributed by atoms with Gasteiger partial charge in [0.1, 0.15) is 12.1 Å². The lowest BCUT2D eigenvalue weighted by atomic mass is 10.1. The van der Waals surface area contributed by atoms with E-state index < -0.39 is 66.6 Å². The highest BCUT2D eigenvalue weighted by Gasteiger charge is 2.29. The molecule has 0 aromatic carbocycles. The minimum absolute atomic E-state index is 0.0651. The van der Waals surface area contributed by atoms with Gasteiger partial charge in [-0.2, -0.15) is 0 Å². The van der Waals surface area contributed by atoms with Crippen molar-refractivity contribution >= 4 is 35.6 Å². The van der Waals surface area contributed by atoms with Gasteiger partial charge < -0.3 is 36.6 Å². The van der Waals surface area contributed by atoms with Gasteiger partial charge in [0.2, 0.25) is 17.7 Å². The van der Waals surface area contributed by atoms with Gasteiger partial charge in [0, 0.05) is 26.3 Å². The average Bonchev–Trinajstić information content (AvgIpc) is 2.67. The van der Waals surface area contributed by atoms with Crippen LogP contribution in [0.5, 0.6) is 0 Å². The summed E-state index contributed by atoms with van der Waals surface area (Å²) in [5.41, 5.74) is 0. The normalized spacial score (nSPS) is 13.4. The van der Waals surface area contributed by atoms with Crippen molar-refractivity contribution < 1.29 is 44.1 Å². The first-order valence-electron chi connectivity index (χ1n) is 9.16. The van der Waals surface area contributed by atoms with Crippen molar-refractivity contribution in [1.82, 2.24) is 21.3 Å². The van der Waals surface area contributed by atoms with Gasteiger partial charge in [0.25, 0.3) is 0 Å². The molecule has 3 atom stereocenters. The van der Waals surface area contributed by atoms with Crippen LogP contribution in [0.2, 0.25) is 0 Å². The minimum atomic E-state index is -1.33. The molecule has 0 saturated heterocycles. The van der Waals surface area contributed by atoms with Crippen molar-refractivity contribution in [3.05, 3.63) is 0 Å². The molecule has 0 fully saturated rings. The zero-order chi connectivity index (χ0) is 23.3. The number of carboxylic acids is 3. The van der Waals surface area contributed by atoms with Crippen LogP contribution in [0.3, 0.4) is 0 Å². The van der Waals surface area contributed by atoms with Crippen LogP contribution in [0, 0.1) is 0 Å². The van der Waals surface area contributed by atoms with Crippen molar-refractivity contribution in [2.45, 2.75) is 56.7 Å². The third-order valence-electron chi connectivity index (χ3n) is 4.12. The van der Waals surface area contributed by atoms with E-state index in [1.807, 2.05) is 0 Å². The predicted molar refractivity (Wildman–Crippen MR) is 101 cm³/mol. The summed E-state index contributed by atoms with van der Waals surface area (Å²) in [5.74, 6) is -5.74. The second-order valence-corrected chi connectivity index (χ2v) is 6.38. The van der Waals surface area contributed by atoms with Gasteiger partial charge in [-0.15, -0.1) is 0 Å². The van der Waals surface area contributed by atoms with Gasteiger partial charge in [0.15, 0.2) is 0 Å². The number of nitrogens with one attached hydrogen (secondary N) is 4. The Balaban J connectivity index is 5.30. The highest BCUT2D eigenvalue weighted by Crippen LogP contribution is 2.05. The summed E-state index contributed by atoms with van der Waals surface area (Å²) in [4.78, 5) is 69.2. The van der Waals surface area contributed by atoms with E-state index in [0.29, 0.717) is 0 Å². The van der Waals surface area contributed by atoms with Crippen molar-refractivity contribution in [2.75, 3.05) is 14.1 Å². The first-order valence-corrected chi connectivity index (χ1v) is 9.16. The Labute approximate surface area is 172 Å². The third kappa shape index (κ3) is 10.9. The molecular weight excluding hydrogens is 404 g/mol. The van der Waals surface area contributed by atoms with Crippen LogP contribution >= 0.6 is 0 Å². The van der Waals surface area contributed by atoms with Crippen LogP contribution < -0.4 is 21.3 Å². The lowest BCUT2D eigenvalue weighted by Gasteiger charge is -2.24. The number of likely N-dealkylation sites (N-methyl/N-ethyl adjacent to an activating group) is 2. The Morgan fingerprint density at radius 3 is 1.27 bits per heavy atom. The Morgan fingerprint density at radius 1 is 0.600 bits per heavy atom. The third-order valence-corrected chi connectivity index (χ3v) is 4.12. The summed E-state index contributed by atoms with van der Waals surface area (Å²) < 4.78 is 0. The SMILES string of the molecule is CNC(=O)C(CCC(=O)O)NC(=O)C(CCC(=O)O)NC(=O)C(CCC(=O)O)NC. The van der Waals surface area contributed by atoms with Crippen molar-refractivity contribution in [3.8, 4) is 0 Å². The minimum Gasteiger partial charge on any atom is -0.481 e. The number of aliphatic carboxylic acids is 3. The number of rotatable bonds is 15. The fourth-order valence-electron chi connectivity index (χ4n) is 2.47. The molecule has 0 aromatic rings. The van der Waals surface area contributed by atoms with Gasteiger partial charge in [-0.3, -0.25) is 28.8 Å². The lowest BCUT2D eigenvalue weighted by molar-refractivity contribution is -0.140. The smallest absolute Gasteiger partial charge is 0.303 e. The predicted octanol–water partition coefficient (Wildman–Crippen LogP) is -2.12. The summed E-state index contributed by atoms with van der Waals surface area (Å²) in [6.07, 6.45) is -1.73. The van der Waals surface area contributed by atoms with Gasteiger partial charge in [-0.25, -0.2) is 0 Å². The molecule has 0 saturated carbocycles. The molecule has 0 radical (unpaired) electrons. The van der Waals surface area contributed by atoms with Crippen molar-refractivity contribution in [3.63, 3.8) is 0 Å². The summed E-state index contributed by atoms with van der Waals surface area (Å²) >= 11 is 0. The van der Waals surface area contributed by atoms with E-state index in [-0.39, 0.29) is 25.7 Å². The summed E-state index contributed by atoms with van der Waals surface area (Å²) in [6, 6.07) is -3.47. The molecule has 3 unspecified atom stereocenters. The molecule has 0 aliphatic heterocycles. The molecule has 7 N–H and O–H groups in total. The molecule has 30 heavy (non-hydrogen) atoms. The van der Waals surface area contributed by atoms with Gasteiger partial charge >= 0.3 is 17.9 Å². The lowest BCUT2D eigenvalue weighted by Crippen LogP contribution is -2.56. The number of amides is 3. The fraction of sp³-hybridized carbons (Fsp3) is 0.647. The number of hydrogen-bond donors (Lipinski definition) is 7. The van der Waals surface area contributed by atoms with Gasteiger partial charge in [-0.05, 0) is 26.3 Å². The molecule has 0 spiro atoms. The second kappa shape index (κ2) is 13.9. The average molecular weight is 432 g/mol. The monoisotopic (exact) mass is 432 g/mol. The molecule has 0 bridgehead atoms. The summed E-state index contributed by atoms with van der Waals surface area (Å²) in [7, 11) is 2.72.